The van der Waals surface area contributed by atoms with Crippen molar-refractivity contribution in [3.63, 3.8) is 0 Å². The molecule has 0 aliphatic carbocycles. The number of ether oxygens (including phenoxy) is 1. The van der Waals surface area contributed by atoms with Crippen LogP contribution in [0.15, 0.2) is 43.0 Å². The molecule has 1 aromatic carbocycles. The molecule has 0 N–H and O–H groups in total. The lowest BCUT2D eigenvalue weighted by Crippen LogP contribution is -2.22. The Hall–Kier alpha value is -0.710. The van der Waals surface area contributed by atoms with Gasteiger partial charge in [0.05, 0.1) is 18.0 Å². The second-order valence-corrected chi connectivity index (χ2v) is 5.96. The molecule has 0 spiro atoms. The van der Waals surface area contributed by atoms with E-state index in [9.17, 15) is 4.79 Å². The van der Waals surface area contributed by atoms with E-state index in [2.05, 4.69) is 6.58 Å². The van der Waals surface area contributed by atoms with Crippen LogP contribution >= 0.6 is 23.5 Å². The minimum Gasteiger partial charge on any atom is -0.372 e. The van der Waals surface area contributed by atoms with Crippen LogP contribution in [-0.2, 0) is 11.3 Å². The van der Waals surface area contributed by atoms with Crippen LogP contribution in [0.4, 0.5) is 4.79 Å². The highest BCUT2D eigenvalue weighted by atomic mass is 32.2. The van der Waals surface area contributed by atoms with Gasteiger partial charge in [0.15, 0.2) is 0 Å². The monoisotopic (exact) mass is 282 g/mol. The topological polar surface area (TPSA) is 26.3 Å². The molecule has 1 aromatic rings. The second-order valence-electron chi connectivity index (χ2n) is 3.77. The fraction of sp³-hybridized carbons (Fsp3) is 0.357. The van der Waals surface area contributed by atoms with Crippen LogP contribution in [0, 0.1) is 0 Å². The fourth-order valence-electron chi connectivity index (χ4n) is 1.39. The van der Waals surface area contributed by atoms with E-state index in [1.165, 1.54) is 23.5 Å². The summed E-state index contributed by atoms with van der Waals surface area (Å²) in [6.07, 6.45) is 3.52. The van der Waals surface area contributed by atoms with Gasteiger partial charge in [-0.15, -0.1) is 6.58 Å². The third kappa shape index (κ3) is 5.29. The van der Waals surface area contributed by atoms with Crippen LogP contribution < -0.4 is 0 Å². The first-order valence-corrected chi connectivity index (χ1v) is 7.80. The number of carbonyl (C=O) groups excluding carboxylic acids is 1. The zero-order valence-electron chi connectivity index (χ0n) is 10.7. The van der Waals surface area contributed by atoms with Gasteiger partial charge in [0.2, 0.25) is 4.45 Å². The molecule has 0 fully saturated rings. The summed E-state index contributed by atoms with van der Waals surface area (Å²) < 4.78 is 5.87. The summed E-state index contributed by atoms with van der Waals surface area (Å²) in [6, 6.07) is 10.00. The van der Waals surface area contributed by atoms with Gasteiger partial charge in [-0.3, -0.25) is 4.79 Å². The molecule has 1 rings (SSSR count). The van der Waals surface area contributed by atoms with Gasteiger partial charge in [0, 0.05) is 0 Å². The highest BCUT2D eigenvalue weighted by Crippen LogP contribution is 2.24. The minimum absolute atomic E-state index is 0.00587. The minimum atomic E-state index is -0.0381. The molecule has 0 aromatic heterocycles. The van der Waals surface area contributed by atoms with Crippen LogP contribution in [0.2, 0.25) is 0 Å². The molecule has 98 valence electrons. The van der Waals surface area contributed by atoms with Gasteiger partial charge >= 0.3 is 0 Å². The van der Waals surface area contributed by atoms with Crippen LogP contribution in [0.5, 0.6) is 0 Å². The molecule has 1 unspecified atom stereocenters. The number of thioether (sulfide) groups is 2. The Morgan fingerprint density at radius 2 is 2.11 bits per heavy atom. The van der Waals surface area contributed by atoms with Crippen molar-refractivity contribution in [3.05, 3.63) is 48.6 Å². The fourth-order valence-corrected chi connectivity index (χ4v) is 2.70. The van der Waals surface area contributed by atoms with Crippen LogP contribution in [-0.4, -0.2) is 22.1 Å². The summed E-state index contributed by atoms with van der Waals surface area (Å²) in [5.41, 5.74) is 1.13. The van der Waals surface area contributed by atoms with Crippen molar-refractivity contribution in [2.24, 2.45) is 0 Å². The highest BCUT2D eigenvalue weighted by Gasteiger charge is 2.18. The molecule has 2 atom stereocenters. The molecule has 0 amide bonds. The largest absolute Gasteiger partial charge is 0.372 e. The maximum Gasteiger partial charge on any atom is 0.246 e. The van der Waals surface area contributed by atoms with Gasteiger partial charge in [-0.25, -0.2) is 0 Å². The van der Waals surface area contributed by atoms with E-state index in [0.29, 0.717) is 6.61 Å². The Kier molecular flexibility index (Phi) is 7.16. The molecule has 2 nitrogen and oxygen atoms in total. The molecular weight excluding hydrogens is 264 g/mol. The lowest BCUT2D eigenvalue weighted by molar-refractivity contribution is 0.0587. The number of benzene rings is 1. The van der Waals surface area contributed by atoms with E-state index in [1.807, 2.05) is 37.3 Å². The predicted octanol–water partition coefficient (Wildman–Crippen LogP) is 4.36. The molecule has 0 heterocycles. The zero-order chi connectivity index (χ0) is 13.4. The zero-order valence-corrected chi connectivity index (χ0v) is 12.3. The lowest BCUT2D eigenvalue weighted by Gasteiger charge is -2.19. The van der Waals surface area contributed by atoms with Gasteiger partial charge < -0.3 is 4.74 Å². The summed E-state index contributed by atoms with van der Waals surface area (Å²) in [5, 5.41) is -0.00587. The van der Waals surface area contributed by atoms with Crippen molar-refractivity contribution in [3.8, 4) is 0 Å². The van der Waals surface area contributed by atoms with E-state index >= 15 is 0 Å². The summed E-state index contributed by atoms with van der Waals surface area (Å²) >= 11 is 2.49. The van der Waals surface area contributed by atoms with Gasteiger partial charge in [-0.2, -0.15) is 0 Å². The maximum absolute atomic E-state index is 11.4. The van der Waals surface area contributed by atoms with Gasteiger partial charge in [-0.05, 0) is 18.7 Å². The standard InChI is InChI=1S/C14H18O2S2/c1-4-13(18-14(15)17-3)11(2)16-10-12-8-6-5-7-9-12/h4-9,11,13H,1,10H2,2-3H3/t11-,13?/m0/s1. The van der Waals surface area contributed by atoms with Crippen LogP contribution in [0.1, 0.15) is 12.5 Å². The molecular formula is C14H18O2S2. The summed E-state index contributed by atoms with van der Waals surface area (Å²) in [7, 11) is 0. The number of rotatable bonds is 6. The average Bonchev–Trinajstić information content (AvgIpc) is 2.42. The molecule has 0 aliphatic heterocycles. The van der Waals surface area contributed by atoms with Crippen molar-refractivity contribution in [2.75, 3.05) is 6.26 Å². The molecule has 0 bridgehead atoms. The van der Waals surface area contributed by atoms with E-state index in [0.717, 1.165) is 5.56 Å². The van der Waals surface area contributed by atoms with E-state index in [-0.39, 0.29) is 15.8 Å². The van der Waals surface area contributed by atoms with Crippen molar-refractivity contribution >= 4 is 28.0 Å². The normalized spacial score (nSPS) is 13.9. The van der Waals surface area contributed by atoms with E-state index < -0.39 is 0 Å². The smallest absolute Gasteiger partial charge is 0.246 e. The highest BCUT2D eigenvalue weighted by molar-refractivity contribution is 8.38. The third-order valence-corrected chi connectivity index (χ3v) is 4.61. The maximum atomic E-state index is 11.4. The van der Waals surface area contributed by atoms with Crippen molar-refractivity contribution in [2.45, 2.75) is 24.9 Å². The van der Waals surface area contributed by atoms with E-state index in [4.69, 9.17) is 4.74 Å². The van der Waals surface area contributed by atoms with Crippen molar-refractivity contribution in [1.29, 1.82) is 0 Å². The lowest BCUT2D eigenvalue weighted by atomic mass is 10.2. The average molecular weight is 282 g/mol. The van der Waals surface area contributed by atoms with Gasteiger partial charge in [-0.1, -0.05) is 59.9 Å². The number of hydrogen-bond donors (Lipinski definition) is 0. The Morgan fingerprint density at radius 1 is 1.44 bits per heavy atom. The first-order chi connectivity index (χ1) is 8.67. The van der Waals surface area contributed by atoms with Crippen molar-refractivity contribution in [1.82, 2.24) is 0 Å². The summed E-state index contributed by atoms with van der Waals surface area (Å²) in [4.78, 5) is 11.4. The Labute approximate surface area is 117 Å². The SMILES string of the molecule is C=CC(SC(=O)SC)[C@H](C)OCc1ccccc1. The third-order valence-electron chi connectivity index (χ3n) is 2.45. The van der Waals surface area contributed by atoms with Crippen molar-refractivity contribution < 1.29 is 9.53 Å². The second kappa shape index (κ2) is 8.40. The first kappa shape index (κ1) is 15.3. The first-order valence-electron chi connectivity index (χ1n) is 5.70. The molecule has 0 saturated carbocycles. The van der Waals surface area contributed by atoms with E-state index in [1.54, 1.807) is 12.3 Å². The number of carbonyl (C=O) groups is 1. The van der Waals surface area contributed by atoms with Crippen LogP contribution in [0.3, 0.4) is 0 Å². The molecule has 4 heteroatoms. The Morgan fingerprint density at radius 3 is 2.67 bits per heavy atom. The Balaban J connectivity index is 2.45. The molecule has 0 radical (unpaired) electrons. The van der Waals surface area contributed by atoms with Gasteiger partial charge in [0.25, 0.3) is 0 Å². The number of hydrogen-bond acceptors (Lipinski definition) is 4. The summed E-state index contributed by atoms with van der Waals surface area (Å²) in [6.45, 7) is 6.29. The van der Waals surface area contributed by atoms with Gasteiger partial charge in [0.1, 0.15) is 0 Å². The quantitative estimate of drug-likeness (QED) is 0.724. The molecule has 0 aliphatic rings. The molecule has 18 heavy (non-hydrogen) atoms. The summed E-state index contributed by atoms with van der Waals surface area (Å²) in [5.74, 6) is 0. The van der Waals surface area contributed by atoms with Crippen LogP contribution in [0.25, 0.3) is 0 Å². The Bertz CT molecular complexity index is 379. The predicted molar refractivity (Wildman–Crippen MR) is 81.2 cm³/mol. The molecule has 0 saturated heterocycles.